The summed E-state index contributed by atoms with van der Waals surface area (Å²) in [5.74, 6) is -3.61. The maximum Gasteiger partial charge on any atom is 0.488 e. The molecule has 8 bridgehead atoms. The summed E-state index contributed by atoms with van der Waals surface area (Å²) in [5.41, 5.74) is 11.3. The molecule has 2 aromatic carbocycles. The lowest BCUT2D eigenvalue weighted by Crippen LogP contribution is -2.42. The van der Waals surface area contributed by atoms with Crippen molar-refractivity contribution in [3.8, 4) is 0 Å². The summed E-state index contributed by atoms with van der Waals surface area (Å²) in [6.07, 6.45) is 11.8. The number of benzene rings is 2. The summed E-state index contributed by atoms with van der Waals surface area (Å²) in [6.45, 7) is 13.5. The number of nitrogens with one attached hydrogen (secondary N) is 4. The molecule has 5 heterocycles. The van der Waals surface area contributed by atoms with Gasteiger partial charge in [0.25, 0.3) is 0 Å². The van der Waals surface area contributed by atoms with Gasteiger partial charge in [-0.3, -0.25) is 19.9 Å². The molecule has 0 saturated carbocycles. The number of carbonyl (C=O) groups is 4. The van der Waals surface area contributed by atoms with Gasteiger partial charge in [0.05, 0.1) is 46.5 Å². The Morgan fingerprint density at radius 1 is 0.707 bits per heavy atom. The van der Waals surface area contributed by atoms with E-state index in [9.17, 15) is 54.6 Å². The van der Waals surface area contributed by atoms with E-state index >= 15 is 0 Å². The van der Waals surface area contributed by atoms with Gasteiger partial charge in [0.15, 0.2) is 0 Å². The fraction of sp³-hybridized carbons (Fsp3) is 0.278. The van der Waals surface area contributed by atoms with Crippen LogP contribution in [0.25, 0.3) is 0 Å². The second kappa shape index (κ2) is 23.6. The highest BCUT2D eigenvalue weighted by molar-refractivity contribution is 6.58. The average molecular weight is 1020 g/mol. The van der Waals surface area contributed by atoms with Gasteiger partial charge in [0.2, 0.25) is 11.8 Å². The maximum atomic E-state index is 13.7. The number of fused-ring (bicyclic) bond motifs is 5. The van der Waals surface area contributed by atoms with E-state index in [0.29, 0.717) is 91.2 Å². The summed E-state index contributed by atoms with van der Waals surface area (Å²) in [7, 11) is -3.39. The molecule has 21 heteroatoms. The van der Waals surface area contributed by atoms with Crippen LogP contribution in [0.15, 0.2) is 180 Å². The average Bonchev–Trinajstić information content (AvgIpc) is 4.01. The normalized spacial score (nSPS) is 18.9. The van der Waals surface area contributed by atoms with E-state index < -0.39 is 55.7 Å². The highest BCUT2D eigenvalue weighted by Gasteiger charge is 2.39. The van der Waals surface area contributed by atoms with E-state index in [0.717, 1.165) is 11.1 Å². The van der Waals surface area contributed by atoms with Crippen LogP contribution in [-0.2, 0) is 36.9 Å². The molecule has 75 heavy (non-hydrogen) atoms. The Morgan fingerprint density at radius 3 is 1.73 bits per heavy atom. The van der Waals surface area contributed by atoms with Crippen molar-refractivity contribution in [1.29, 1.82) is 0 Å². The van der Waals surface area contributed by atoms with Gasteiger partial charge in [-0.05, 0) is 128 Å². The number of hydrogen-bond acceptors (Lipinski definition) is 15. The first kappa shape index (κ1) is 55.0. The third-order valence-corrected chi connectivity index (χ3v) is 13.5. The third kappa shape index (κ3) is 12.8. The van der Waals surface area contributed by atoms with E-state index in [2.05, 4.69) is 28.0 Å². The third-order valence-electron chi connectivity index (χ3n) is 13.5. The Bertz CT molecular complexity index is 3080. The van der Waals surface area contributed by atoms with Crippen molar-refractivity contribution in [2.75, 3.05) is 6.61 Å². The fourth-order valence-electron chi connectivity index (χ4n) is 9.12. The molecule has 3 atom stereocenters. The smallest absolute Gasteiger partial charge is 0.480 e. The summed E-state index contributed by atoms with van der Waals surface area (Å²) in [6, 6.07) is 9.49. The van der Waals surface area contributed by atoms with E-state index in [1.165, 1.54) is 24.3 Å². The van der Waals surface area contributed by atoms with Gasteiger partial charge >= 0.3 is 26.2 Å². The van der Waals surface area contributed by atoms with Gasteiger partial charge in [0.1, 0.15) is 17.7 Å². The Morgan fingerprint density at radius 2 is 1.21 bits per heavy atom. The van der Waals surface area contributed by atoms with Gasteiger partial charge in [-0.25, -0.2) is 24.6 Å². The molecule has 3 unspecified atom stereocenters. The predicted molar refractivity (Wildman–Crippen MR) is 285 cm³/mol. The van der Waals surface area contributed by atoms with Crippen molar-refractivity contribution in [3.63, 3.8) is 0 Å². The zero-order valence-electron chi connectivity index (χ0n) is 42.1. The van der Waals surface area contributed by atoms with Crippen molar-refractivity contribution < 1.29 is 59.4 Å². The fourth-order valence-corrected chi connectivity index (χ4v) is 9.12. The van der Waals surface area contributed by atoms with Crippen LogP contribution in [0.2, 0.25) is 0 Å². The quantitative estimate of drug-likeness (QED) is 0.0486. The first-order valence-corrected chi connectivity index (χ1v) is 24.3. The maximum absolute atomic E-state index is 13.7. The minimum Gasteiger partial charge on any atom is -0.480 e. The number of aliphatic carboxylic acids is 2. The molecule has 19 nitrogen and oxygen atoms in total. The van der Waals surface area contributed by atoms with E-state index in [1.54, 1.807) is 67.8 Å². The monoisotopic (exact) mass is 1020 g/mol. The van der Waals surface area contributed by atoms with Crippen molar-refractivity contribution >= 4 is 66.1 Å². The Kier molecular flexibility index (Phi) is 17.3. The largest absolute Gasteiger partial charge is 0.488 e. The summed E-state index contributed by atoms with van der Waals surface area (Å²) >= 11 is 0. The van der Waals surface area contributed by atoms with Gasteiger partial charge in [0, 0.05) is 48.7 Å². The second-order valence-electron chi connectivity index (χ2n) is 18.6. The number of carbonyl (C=O) groups excluding carboxylic acids is 2. The van der Waals surface area contributed by atoms with Crippen LogP contribution in [-0.4, -0.2) is 115 Å². The summed E-state index contributed by atoms with van der Waals surface area (Å²) in [4.78, 5) is 72.7. The Hall–Kier alpha value is -7.78. The zero-order chi connectivity index (χ0) is 54.3. The Labute approximate surface area is 434 Å². The van der Waals surface area contributed by atoms with Crippen LogP contribution >= 0.6 is 0 Å². The molecule has 5 aliphatic heterocycles. The van der Waals surface area contributed by atoms with Gasteiger partial charge < -0.3 is 51.4 Å². The van der Waals surface area contributed by atoms with Crippen molar-refractivity contribution in [2.24, 2.45) is 15.0 Å². The van der Waals surface area contributed by atoms with Crippen LogP contribution in [0.5, 0.6) is 0 Å². The highest BCUT2D eigenvalue weighted by Crippen LogP contribution is 2.40. The standard InChI is InChI=1S/C54H59B2N7O12/c1-7-36-29(3)40-25-41-30(4)37(17-19-50(64)62-47(52(66)67)23-32-9-13-34(14-10-32)55(71)72)43(58-41)27-44-38(18-20-51(65)63-48(53(68)69)24-33-11-15-35(16-12-33)56(73)74)31(5)42(59-44)26-46-39(21-22-57-75-8-2)54(6,70)49(61-46)28-45(36)60-40/h7,9-16,21-22,25-28,47-48,57,61,70-74H,1,8,17-20,23-24H2,2-6H3,(H,62,64)(H,63,65)(H,66,67)(H,68,69)/i55-1,56-1. The number of nitrogens with zero attached hydrogens (tertiary/aromatic N) is 3. The number of aliphatic imine (C=N–C) groups is 3. The molecule has 11 N–H and O–H groups in total. The molecule has 0 saturated heterocycles. The number of aliphatic hydroxyl groups is 1. The molecule has 0 aromatic heterocycles. The molecular weight excluding hydrogens is 959 g/mol. The minimum atomic E-state index is -1.70. The molecule has 0 aliphatic carbocycles. The molecule has 0 fully saturated rings. The van der Waals surface area contributed by atoms with E-state index in [-0.39, 0.29) is 49.5 Å². The van der Waals surface area contributed by atoms with Crippen LogP contribution in [0, 0.1) is 0 Å². The van der Waals surface area contributed by atoms with E-state index in [1.807, 2.05) is 33.8 Å². The first-order valence-electron chi connectivity index (χ1n) is 24.3. The van der Waals surface area contributed by atoms with Gasteiger partial charge in [-0.1, -0.05) is 61.2 Å². The highest BCUT2D eigenvalue weighted by atomic mass is 16.6. The molecule has 388 valence electrons. The van der Waals surface area contributed by atoms with Crippen molar-refractivity contribution in [3.05, 3.63) is 176 Å². The Balaban J connectivity index is 1.26. The van der Waals surface area contributed by atoms with Crippen LogP contribution < -0.4 is 32.4 Å². The second-order valence-corrected chi connectivity index (χ2v) is 18.6. The molecule has 0 radical (unpaired) electrons. The molecule has 0 spiro atoms. The first-order chi connectivity index (χ1) is 35.7. The van der Waals surface area contributed by atoms with Crippen molar-refractivity contribution in [2.45, 2.75) is 90.8 Å². The number of hydrogen-bond donors (Lipinski definition) is 11. The molecule has 2 amide bonds. The minimum absolute atomic E-state index is 0.0641. The number of allylic oxidation sites excluding steroid dienone is 11. The summed E-state index contributed by atoms with van der Waals surface area (Å²) < 4.78 is 0. The SMILES string of the molecule is C=CC1=C(C)C2=CC3=NC(=CC4=NC(=CC5=C(C=CNOCC)C(C)(O)C(=CC1=N2)N5)C(C)=C4CCC(=O)NC(Cc1ccc([10B](O)O)cc1)C(=O)O)C(CCC(=O)NC(Cc1ccc([10B](O)O)cc1)C(=O)O)=C3C. The number of amides is 2. The number of carboxylic acids is 2. The topological polar surface area (TPSA) is 304 Å². The summed E-state index contributed by atoms with van der Waals surface area (Å²) in [5, 5.41) is 79.2. The predicted octanol–water partition coefficient (Wildman–Crippen LogP) is 2.24. The van der Waals surface area contributed by atoms with Crippen LogP contribution in [0.4, 0.5) is 0 Å². The van der Waals surface area contributed by atoms with Crippen molar-refractivity contribution in [1.82, 2.24) is 21.4 Å². The molecule has 7 rings (SSSR count). The molecule has 5 aliphatic rings. The van der Waals surface area contributed by atoms with E-state index in [4.69, 9.17) is 19.8 Å². The van der Waals surface area contributed by atoms with Crippen LogP contribution in [0.1, 0.15) is 71.4 Å². The number of rotatable bonds is 21. The zero-order valence-corrected chi connectivity index (χ0v) is 42.1. The molecule has 2 aromatic rings. The van der Waals surface area contributed by atoms with Gasteiger partial charge in [-0.2, -0.15) is 0 Å². The lowest BCUT2D eigenvalue weighted by Gasteiger charge is -2.21. The van der Waals surface area contributed by atoms with Gasteiger partial charge in [-0.15, -0.1) is 0 Å². The van der Waals surface area contributed by atoms with Crippen LogP contribution in [0.3, 0.4) is 0 Å². The number of carboxylic acid groups (broad SMARTS) is 2. The lowest BCUT2D eigenvalue weighted by molar-refractivity contribution is -0.142. The molecular formula is C54H59B2N7O12. The number of hydroxylamine groups is 1. The lowest BCUT2D eigenvalue weighted by atomic mass is 9.26.